The van der Waals surface area contributed by atoms with Gasteiger partial charge < -0.3 is 9.47 Å². The number of rotatable bonds is 8. The van der Waals surface area contributed by atoms with Gasteiger partial charge in [-0.3, -0.25) is 0 Å². The fourth-order valence-corrected chi connectivity index (χ4v) is 2.62. The van der Waals surface area contributed by atoms with Crippen molar-refractivity contribution in [2.75, 3.05) is 7.11 Å². The Morgan fingerprint density at radius 1 is 1.00 bits per heavy atom. The Hall–Kier alpha value is -2.50. The largest absolute Gasteiger partial charge is 0.493 e. The molecule has 0 radical (unpaired) electrons. The zero-order valence-electron chi connectivity index (χ0n) is 16.0. The molecular formula is C19H16BrF7N2O2. The predicted molar refractivity (Wildman–Crippen MR) is 103 cm³/mol. The van der Waals surface area contributed by atoms with Crippen molar-refractivity contribution in [3.63, 3.8) is 0 Å². The smallest absolute Gasteiger partial charge is 0.462 e. The normalized spacial score (nSPS) is 12.8. The topological polar surface area (TPSA) is 42.8 Å². The quantitative estimate of drug-likeness (QED) is 0.201. The first-order chi connectivity index (χ1) is 14.3. The number of alkyl halides is 7. The summed E-state index contributed by atoms with van der Waals surface area (Å²) in [6.45, 7) is 2.12. The van der Waals surface area contributed by atoms with Gasteiger partial charge in [0.2, 0.25) is 0 Å². The zero-order valence-corrected chi connectivity index (χ0v) is 17.6. The molecule has 0 atom stereocenters. The minimum atomic E-state index is -6.46. The fraction of sp³-hybridized carbons (Fsp3) is 0.316. The summed E-state index contributed by atoms with van der Waals surface area (Å²) in [6.07, 6.45) is -5.82. The summed E-state index contributed by atoms with van der Waals surface area (Å²) in [4.78, 5) is 0. The van der Waals surface area contributed by atoms with Crippen LogP contribution in [0.15, 0.2) is 46.0 Å². The molecule has 0 aliphatic carbocycles. The molecule has 0 heterocycles. The van der Waals surface area contributed by atoms with E-state index in [0.29, 0.717) is 11.6 Å². The summed E-state index contributed by atoms with van der Waals surface area (Å²) in [6, 6.07) is 4.56. The lowest BCUT2D eigenvalue weighted by Gasteiger charge is -2.27. The van der Waals surface area contributed by atoms with Crippen LogP contribution in [0.25, 0.3) is 0 Å². The van der Waals surface area contributed by atoms with Crippen LogP contribution in [-0.4, -0.2) is 31.5 Å². The third-order valence-electron chi connectivity index (χ3n) is 3.96. The van der Waals surface area contributed by atoms with Crippen molar-refractivity contribution >= 4 is 22.1 Å². The molecule has 0 bridgehead atoms. The van der Waals surface area contributed by atoms with Gasteiger partial charge in [0, 0.05) is 10.0 Å². The van der Waals surface area contributed by atoms with Crippen LogP contribution in [0.5, 0.6) is 11.5 Å². The number of nitrogens with zero attached hydrogens (tertiary/aromatic N) is 1. The van der Waals surface area contributed by atoms with Crippen LogP contribution in [0.3, 0.4) is 0 Å². The Bertz CT molecular complexity index is 932. The number of hydrogen-bond acceptors (Lipinski definition) is 4. The van der Waals surface area contributed by atoms with E-state index in [4.69, 9.17) is 9.47 Å². The van der Waals surface area contributed by atoms with Crippen LogP contribution in [0, 0.1) is 6.92 Å². The fourth-order valence-electron chi connectivity index (χ4n) is 2.20. The van der Waals surface area contributed by atoms with Gasteiger partial charge in [0.25, 0.3) is 0 Å². The molecule has 0 aliphatic heterocycles. The predicted octanol–water partition coefficient (Wildman–Crippen LogP) is 6.06. The lowest BCUT2D eigenvalue weighted by atomic mass is 10.2. The maximum absolute atomic E-state index is 13.2. The first-order valence-electron chi connectivity index (χ1n) is 8.47. The Morgan fingerprint density at radius 2 is 1.61 bits per heavy atom. The van der Waals surface area contributed by atoms with E-state index in [9.17, 15) is 30.7 Å². The number of halogens is 8. The third-order valence-corrected chi connectivity index (χ3v) is 4.64. The van der Waals surface area contributed by atoms with Gasteiger partial charge >= 0.3 is 18.1 Å². The lowest BCUT2D eigenvalue weighted by Crippen LogP contribution is -2.58. The van der Waals surface area contributed by atoms with Crippen molar-refractivity contribution < 1.29 is 40.2 Å². The summed E-state index contributed by atoms with van der Waals surface area (Å²) in [5.41, 5.74) is 2.55. The zero-order chi connectivity index (χ0) is 23.4. The van der Waals surface area contributed by atoms with Gasteiger partial charge in [-0.25, -0.2) is 5.43 Å². The van der Waals surface area contributed by atoms with Gasteiger partial charge in [-0.2, -0.15) is 35.8 Å². The molecule has 170 valence electrons. The minimum Gasteiger partial charge on any atom is -0.493 e. The van der Waals surface area contributed by atoms with Crippen molar-refractivity contribution in [3.05, 3.63) is 57.6 Å². The standard InChI is InChI=1S/C19H16BrF7N2O2/c1-11-3-5-12(6-4-11)10-31-16-8-14(20)13(7-15(16)30-2)9-28-29-19(26,27)17(21,22)18(23,24)25/h3-9,29H,10H2,1-2H3/b28-9+. The van der Waals surface area contributed by atoms with Crippen molar-refractivity contribution in [2.24, 2.45) is 5.10 Å². The highest BCUT2D eigenvalue weighted by molar-refractivity contribution is 9.10. The maximum atomic E-state index is 13.2. The monoisotopic (exact) mass is 516 g/mol. The molecule has 0 spiro atoms. The van der Waals surface area contributed by atoms with E-state index in [1.807, 2.05) is 31.2 Å². The van der Waals surface area contributed by atoms with E-state index in [2.05, 4.69) is 21.0 Å². The molecule has 0 aromatic heterocycles. The van der Waals surface area contributed by atoms with Gasteiger partial charge in [0.05, 0.1) is 13.3 Å². The van der Waals surface area contributed by atoms with Crippen LogP contribution in [-0.2, 0) is 6.61 Å². The summed E-state index contributed by atoms with van der Waals surface area (Å²) in [5.74, 6) is -5.89. The van der Waals surface area contributed by atoms with Gasteiger partial charge in [-0.15, -0.1) is 0 Å². The van der Waals surface area contributed by atoms with Crippen LogP contribution >= 0.6 is 15.9 Å². The molecule has 1 N–H and O–H groups in total. The molecule has 0 saturated heterocycles. The minimum absolute atomic E-state index is 0.0539. The van der Waals surface area contributed by atoms with Gasteiger partial charge in [-0.05, 0) is 40.5 Å². The van der Waals surface area contributed by atoms with Gasteiger partial charge in [0.1, 0.15) is 6.61 Å². The Kier molecular flexibility index (Phi) is 7.45. The van der Waals surface area contributed by atoms with E-state index in [1.165, 1.54) is 19.2 Å². The highest BCUT2D eigenvalue weighted by Crippen LogP contribution is 2.45. The van der Waals surface area contributed by atoms with Gasteiger partial charge in [0.15, 0.2) is 11.5 Å². The SMILES string of the molecule is COc1cc(/C=N/NC(F)(F)C(F)(F)C(F)(F)F)c(Br)cc1OCc1ccc(C)cc1. The molecule has 0 fully saturated rings. The highest BCUT2D eigenvalue weighted by Gasteiger charge is 2.73. The highest BCUT2D eigenvalue weighted by atomic mass is 79.9. The molecule has 4 nitrogen and oxygen atoms in total. The number of ether oxygens (including phenoxy) is 2. The average molecular weight is 517 g/mol. The van der Waals surface area contributed by atoms with E-state index >= 15 is 0 Å². The van der Waals surface area contributed by atoms with Crippen LogP contribution < -0.4 is 14.9 Å². The molecule has 0 aliphatic rings. The molecule has 2 aromatic rings. The van der Waals surface area contributed by atoms with E-state index in [0.717, 1.165) is 11.1 Å². The van der Waals surface area contributed by atoms with E-state index in [-0.39, 0.29) is 28.1 Å². The molecule has 31 heavy (non-hydrogen) atoms. The number of hydrazone groups is 1. The van der Waals surface area contributed by atoms with Crippen LogP contribution in [0.1, 0.15) is 16.7 Å². The van der Waals surface area contributed by atoms with Crippen LogP contribution in [0.2, 0.25) is 0 Å². The third kappa shape index (κ3) is 5.81. The number of benzene rings is 2. The second kappa shape index (κ2) is 9.33. The second-order valence-corrected chi connectivity index (χ2v) is 7.17. The van der Waals surface area contributed by atoms with Crippen molar-refractivity contribution in [1.29, 1.82) is 0 Å². The summed E-state index contributed by atoms with van der Waals surface area (Å²) in [5, 5.41) is 2.83. The molecule has 2 rings (SSSR count). The number of methoxy groups -OCH3 is 1. The number of aryl methyl sites for hydroxylation is 1. The first kappa shape index (κ1) is 24.8. The molecule has 0 unspecified atom stereocenters. The summed E-state index contributed by atoms with van der Waals surface area (Å²) in [7, 11) is 1.30. The first-order valence-corrected chi connectivity index (χ1v) is 9.26. The maximum Gasteiger partial charge on any atom is 0.462 e. The number of hydrogen-bond donors (Lipinski definition) is 1. The van der Waals surface area contributed by atoms with Crippen molar-refractivity contribution in [3.8, 4) is 11.5 Å². The Morgan fingerprint density at radius 3 is 2.16 bits per heavy atom. The van der Waals surface area contributed by atoms with Gasteiger partial charge in [-0.1, -0.05) is 29.8 Å². The van der Waals surface area contributed by atoms with E-state index < -0.39 is 18.1 Å². The molecule has 2 aromatic carbocycles. The lowest BCUT2D eigenvalue weighted by molar-refractivity contribution is -0.361. The Balaban J connectivity index is 2.16. The second-order valence-electron chi connectivity index (χ2n) is 6.32. The molecule has 0 saturated carbocycles. The molecule has 12 heteroatoms. The summed E-state index contributed by atoms with van der Waals surface area (Å²) >= 11 is 3.13. The molecular weight excluding hydrogens is 501 g/mol. The van der Waals surface area contributed by atoms with Crippen LogP contribution in [0.4, 0.5) is 30.7 Å². The Labute approximate surface area is 181 Å². The number of nitrogens with one attached hydrogen (secondary N) is 1. The summed E-state index contributed by atoms with van der Waals surface area (Å²) < 4.78 is 99.7. The van der Waals surface area contributed by atoms with Crippen molar-refractivity contribution in [2.45, 2.75) is 31.7 Å². The average Bonchev–Trinajstić information content (AvgIpc) is 2.67. The van der Waals surface area contributed by atoms with E-state index in [1.54, 1.807) is 0 Å². The van der Waals surface area contributed by atoms with Crippen molar-refractivity contribution in [1.82, 2.24) is 5.43 Å². The molecule has 0 amide bonds.